The second kappa shape index (κ2) is 6.76. The van der Waals surface area contributed by atoms with Crippen LogP contribution < -0.4 is 9.47 Å². The van der Waals surface area contributed by atoms with Gasteiger partial charge >= 0.3 is 0 Å². The number of rotatable bonds is 3. The summed E-state index contributed by atoms with van der Waals surface area (Å²) in [6, 6.07) is 8.19. The fourth-order valence-corrected chi connectivity index (χ4v) is 3.42. The lowest BCUT2D eigenvalue weighted by molar-refractivity contribution is -0.384. The monoisotopic (exact) mass is 380 g/mol. The molecule has 2 aliphatic rings. The van der Waals surface area contributed by atoms with Gasteiger partial charge in [-0.3, -0.25) is 19.8 Å². The number of hydrogen-bond acceptors (Lipinski definition) is 6. The topological polar surface area (TPSA) is 81.9 Å². The van der Waals surface area contributed by atoms with Crippen LogP contribution in [0.2, 0.25) is 0 Å². The second-order valence-electron chi connectivity index (χ2n) is 7.28. The smallest absolute Gasteiger partial charge is 0.269 e. The lowest BCUT2D eigenvalue weighted by Gasteiger charge is -2.32. The third-order valence-corrected chi connectivity index (χ3v) is 5.08. The summed E-state index contributed by atoms with van der Waals surface area (Å²) >= 11 is 0. The van der Waals surface area contributed by atoms with Crippen molar-refractivity contribution in [3.63, 3.8) is 0 Å². The van der Waals surface area contributed by atoms with E-state index in [9.17, 15) is 14.9 Å². The molecule has 0 bridgehead atoms. The van der Waals surface area contributed by atoms with E-state index in [1.807, 2.05) is 13.0 Å². The number of nitro benzene ring substituents is 1. The molecule has 2 aromatic carbocycles. The van der Waals surface area contributed by atoms with Crippen LogP contribution in [0.4, 0.5) is 5.69 Å². The molecule has 28 heavy (non-hydrogen) atoms. The van der Waals surface area contributed by atoms with Crippen LogP contribution in [0, 0.1) is 17.0 Å². The van der Waals surface area contributed by atoms with E-state index in [2.05, 4.69) is 18.7 Å². The molecule has 7 nitrogen and oxygen atoms in total. The molecule has 0 N–H and O–H groups in total. The van der Waals surface area contributed by atoms with Crippen LogP contribution in [0.5, 0.6) is 11.5 Å². The molecule has 4 rings (SSSR count). The quantitative estimate of drug-likeness (QED) is 0.453. The molecule has 0 saturated carbocycles. The Morgan fingerprint density at radius 3 is 2.61 bits per heavy atom. The van der Waals surface area contributed by atoms with E-state index in [1.165, 1.54) is 12.1 Å². The van der Waals surface area contributed by atoms with Gasteiger partial charge in [0.15, 0.2) is 5.76 Å². The second-order valence-corrected chi connectivity index (χ2v) is 7.28. The molecule has 0 atom stereocenters. The third-order valence-electron chi connectivity index (χ3n) is 5.08. The molecule has 0 amide bonds. The first-order chi connectivity index (χ1) is 13.3. The maximum atomic E-state index is 12.9. The van der Waals surface area contributed by atoms with E-state index < -0.39 is 4.92 Å². The molecule has 144 valence electrons. The predicted molar refractivity (Wildman–Crippen MR) is 103 cm³/mol. The van der Waals surface area contributed by atoms with Gasteiger partial charge in [-0.1, -0.05) is 0 Å². The molecular weight excluding hydrogens is 360 g/mol. The fraction of sp³-hybridized carbons (Fsp3) is 0.286. The summed E-state index contributed by atoms with van der Waals surface area (Å²) in [6.45, 7) is 7.20. The van der Waals surface area contributed by atoms with Crippen LogP contribution in [0.1, 0.15) is 40.9 Å². The first kappa shape index (κ1) is 18.2. The van der Waals surface area contributed by atoms with E-state index in [4.69, 9.17) is 9.47 Å². The number of ketones is 1. The zero-order valence-electron chi connectivity index (χ0n) is 15.9. The zero-order valence-corrected chi connectivity index (χ0v) is 15.9. The third kappa shape index (κ3) is 3.03. The molecule has 0 aliphatic carbocycles. The van der Waals surface area contributed by atoms with Gasteiger partial charge in [-0.15, -0.1) is 0 Å². The van der Waals surface area contributed by atoms with Crippen molar-refractivity contribution in [2.75, 3.05) is 6.73 Å². The van der Waals surface area contributed by atoms with E-state index in [1.54, 1.807) is 18.2 Å². The summed E-state index contributed by atoms with van der Waals surface area (Å²) in [5.41, 5.74) is 2.90. The maximum Gasteiger partial charge on any atom is 0.269 e. The van der Waals surface area contributed by atoms with Crippen LogP contribution in [-0.4, -0.2) is 28.4 Å². The Kier molecular flexibility index (Phi) is 4.39. The molecule has 0 unspecified atom stereocenters. The zero-order chi connectivity index (χ0) is 20.0. The van der Waals surface area contributed by atoms with Crippen molar-refractivity contribution in [3.05, 3.63) is 68.5 Å². The molecule has 2 heterocycles. The number of Topliss-reactive ketones (excluding diaryl/α,β-unsaturated/α-hetero) is 1. The number of non-ortho nitro benzene ring substituents is 1. The molecule has 0 radical (unpaired) electrons. The van der Waals surface area contributed by atoms with Gasteiger partial charge in [0, 0.05) is 24.7 Å². The summed E-state index contributed by atoms with van der Waals surface area (Å²) in [6.07, 6.45) is 1.61. The van der Waals surface area contributed by atoms with Gasteiger partial charge in [0.1, 0.15) is 18.2 Å². The number of allylic oxidation sites excluding steroid dienone is 1. The van der Waals surface area contributed by atoms with Crippen molar-refractivity contribution in [2.45, 2.75) is 33.4 Å². The number of benzene rings is 2. The average molecular weight is 380 g/mol. The number of ether oxygens (including phenoxy) is 2. The van der Waals surface area contributed by atoms with Crippen LogP contribution in [0.15, 0.2) is 36.1 Å². The standard InChI is InChI=1S/C21H20N2O5/c1-12(2)22-10-16-17(27-11-22)8-13(3)19-20(24)18(28-21(16)19)9-14-4-6-15(7-5-14)23(25)26/h4-9,12H,10-11H2,1-3H3/b18-9-. The van der Waals surface area contributed by atoms with E-state index in [0.717, 1.165) is 16.9 Å². The van der Waals surface area contributed by atoms with Crippen molar-refractivity contribution in [3.8, 4) is 11.5 Å². The fourth-order valence-electron chi connectivity index (χ4n) is 3.42. The van der Waals surface area contributed by atoms with Crippen molar-refractivity contribution >= 4 is 17.5 Å². The van der Waals surface area contributed by atoms with Gasteiger partial charge in [-0.25, -0.2) is 0 Å². The lowest BCUT2D eigenvalue weighted by Crippen LogP contribution is -2.37. The highest BCUT2D eigenvalue weighted by Gasteiger charge is 2.35. The Morgan fingerprint density at radius 1 is 1.25 bits per heavy atom. The van der Waals surface area contributed by atoms with Gasteiger partial charge in [0.25, 0.3) is 5.69 Å². The SMILES string of the molecule is Cc1cc2c(c3c1C(=O)/C(=C/c1ccc([N+](=O)[O-])cc1)O3)CN(C(C)C)CO2. The summed E-state index contributed by atoms with van der Waals surface area (Å²) in [5.74, 6) is 1.33. The largest absolute Gasteiger partial charge is 0.478 e. The van der Waals surface area contributed by atoms with E-state index >= 15 is 0 Å². The predicted octanol–water partition coefficient (Wildman–Crippen LogP) is 4.08. The Labute approximate surface area is 162 Å². The van der Waals surface area contributed by atoms with Gasteiger partial charge in [0.2, 0.25) is 5.78 Å². The van der Waals surface area contributed by atoms with Crippen LogP contribution in [0.25, 0.3) is 6.08 Å². The van der Waals surface area contributed by atoms with Crippen molar-refractivity contribution in [2.24, 2.45) is 0 Å². The van der Waals surface area contributed by atoms with Crippen molar-refractivity contribution in [1.29, 1.82) is 0 Å². The van der Waals surface area contributed by atoms with Gasteiger partial charge < -0.3 is 9.47 Å². The Hall–Kier alpha value is -3.19. The first-order valence-corrected chi connectivity index (χ1v) is 9.07. The van der Waals surface area contributed by atoms with E-state index in [0.29, 0.717) is 36.2 Å². The molecule has 0 aromatic heterocycles. The number of carbonyl (C=O) groups is 1. The highest BCUT2D eigenvalue weighted by Crippen LogP contribution is 2.44. The summed E-state index contributed by atoms with van der Waals surface area (Å²) in [4.78, 5) is 25.4. The summed E-state index contributed by atoms with van der Waals surface area (Å²) in [7, 11) is 0. The molecular formula is C21H20N2O5. The highest BCUT2D eigenvalue weighted by atomic mass is 16.6. The number of nitrogens with zero attached hydrogens (tertiary/aromatic N) is 2. The Morgan fingerprint density at radius 2 is 1.96 bits per heavy atom. The van der Waals surface area contributed by atoms with Crippen LogP contribution in [0.3, 0.4) is 0 Å². The minimum atomic E-state index is -0.458. The number of aryl methyl sites for hydroxylation is 1. The van der Waals surface area contributed by atoms with Gasteiger partial charge in [0.05, 0.1) is 16.1 Å². The van der Waals surface area contributed by atoms with Gasteiger partial charge in [-0.05, 0) is 56.2 Å². The lowest BCUT2D eigenvalue weighted by atomic mass is 9.98. The normalized spacial score (nSPS) is 17.3. The number of fused-ring (bicyclic) bond motifs is 3. The number of hydrogen-bond donors (Lipinski definition) is 0. The van der Waals surface area contributed by atoms with Crippen molar-refractivity contribution in [1.82, 2.24) is 4.90 Å². The molecule has 2 aliphatic heterocycles. The first-order valence-electron chi connectivity index (χ1n) is 9.07. The summed E-state index contributed by atoms with van der Waals surface area (Å²) in [5, 5.41) is 10.8. The molecule has 2 aromatic rings. The molecule has 0 saturated heterocycles. The minimum absolute atomic E-state index is 0.0000531. The van der Waals surface area contributed by atoms with Crippen molar-refractivity contribution < 1.29 is 19.2 Å². The van der Waals surface area contributed by atoms with Gasteiger partial charge in [-0.2, -0.15) is 0 Å². The van der Waals surface area contributed by atoms with Crippen LogP contribution in [-0.2, 0) is 6.54 Å². The van der Waals surface area contributed by atoms with E-state index in [-0.39, 0.29) is 17.2 Å². The Balaban J connectivity index is 1.71. The number of nitro groups is 1. The molecule has 0 fully saturated rings. The molecule has 0 spiro atoms. The van der Waals surface area contributed by atoms with Crippen LogP contribution >= 0.6 is 0 Å². The number of carbonyl (C=O) groups excluding carboxylic acids is 1. The summed E-state index contributed by atoms with van der Waals surface area (Å²) < 4.78 is 11.9. The minimum Gasteiger partial charge on any atom is -0.478 e. The average Bonchev–Trinajstić information content (AvgIpc) is 2.99. The maximum absolute atomic E-state index is 12.9. The highest BCUT2D eigenvalue weighted by molar-refractivity contribution is 6.15. The Bertz CT molecular complexity index is 1010. The molecule has 7 heteroatoms.